The zero-order chi connectivity index (χ0) is 17.1. The van der Waals surface area contributed by atoms with Gasteiger partial charge in [0.25, 0.3) is 0 Å². The van der Waals surface area contributed by atoms with Crippen LogP contribution in [0.3, 0.4) is 0 Å². The van der Waals surface area contributed by atoms with Gasteiger partial charge in [-0.15, -0.1) is 0 Å². The third-order valence-electron chi connectivity index (χ3n) is 3.81. The summed E-state index contributed by atoms with van der Waals surface area (Å²) in [5.41, 5.74) is 3.54. The lowest BCUT2D eigenvalue weighted by Crippen LogP contribution is -2.37. The number of halogens is 1. The lowest BCUT2D eigenvalue weighted by atomic mass is 10.2. The molecule has 1 saturated heterocycles. The highest BCUT2D eigenvalue weighted by molar-refractivity contribution is 5.81. The first-order chi connectivity index (χ1) is 12.3. The molecule has 2 aliphatic heterocycles. The van der Waals surface area contributed by atoms with Crippen LogP contribution in [0.15, 0.2) is 29.5 Å². The summed E-state index contributed by atoms with van der Waals surface area (Å²) < 4.78 is 29.8. The van der Waals surface area contributed by atoms with Crippen LogP contribution in [0.2, 0.25) is 0 Å². The second kappa shape index (κ2) is 6.89. The fourth-order valence-corrected chi connectivity index (χ4v) is 2.57. The predicted octanol–water partition coefficient (Wildman–Crippen LogP) is 1.63. The Kier molecular flexibility index (Phi) is 4.30. The average Bonchev–Trinajstić information content (AvgIpc) is 3.12. The number of rotatable bonds is 4. The maximum atomic E-state index is 14.0. The summed E-state index contributed by atoms with van der Waals surface area (Å²) in [4.78, 5) is 9.94. The standard InChI is InChI=1S/C16H16FN5O3/c17-12-9-18-16(20-15(12)22-3-5-23-6-4-22)21-19-8-11-1-2-13-14(7-11)25-10-24-13/h1-2,7-9H,3-6,10H2,(H,18,20,21)/b19-8+. The van der Waals surface area contributed by atoms with E-state index < -0.39 is 5.82 Å². The monoisotopic (exact) mass is 345 g/mol. The van der Waals surface area contributed by atoms with Crippen molar-refractivity contribution >= 4 is 18.0 Å². The smallest absolute Gasteiger partial charge is 0.245 e. The first kappa shape index (κ1) is 15.6. The van der Waals surface area contributed by atoms with E-state index in [4.69, 9.17) is 14.2 Å². The Hall–Kier alpha value is -2.94. The number of hydrogen-bond donors (Lipinski definition) is 1. The summed E-state index contributed by atoms with van der Waals surface area (Å²) in [5, 5.41) is 4.09. The number of ether oxygens (including phenoxy) is 3. The second-order valence-corrected chi connectivity index (χ2v) is 5.45. The molecule has 1 N–H and O–H groups in total. The molecule has 9 heteroatoms. The third kappa shape index (κ3) is 3.45. The molecule has 1 fully saturated rings. The highest BCUT2D eigenvalue weighted by Gasteiger charge is 2.17. The van der Waals surface area contributed by atoms with Crippen LogP contribution < -0.4 is 19.8 Å². The predicted molar refractivity (Wildman–Crippen MR) is 88.8 cm³/mol. The summed E-state index contributed by atoms with van der Waals surface area (Å²) in [7, 11) is 0. The van der Waals surface area contributed by atoms with Crippen molar-refractivity contribution in [3.05, 3.63) is 35.8 Å². The Balaban J connectivity index is 1.45. The topological polar surface area (TPSA) is 81.1 Å². The van der Waals surface area contributed by atoms with E-state index in [9.17, 15) is 4.39 Å². The number of benzene rings is 1. The number of aromatic nitrogens is 2. The Morgan fingerprint density at radius 1 is 1.20 bits per heavy atom. The number of hydrogen-bond acceptors (Lipinski definition) is 8. The molecule has 1 aromatic carbocycles. The van der Waals surface area contributed by atoms with Crippen molar-refractivity contribution < 1.29 is 18.6 Å². The van der Waals surface area contributed by atoms with Crippen LogP contribution in [-0.4, -0.2) is 49.3 Å². The van der Waals surface area contributed by atoms with E-state index in [-0.39, 0.29) is 18.6 Å². The van der Waals surface area contributed by atoms with Gasteiger partial charge in [0.1, 0.15) is 0 Å². The van der Waals surface area contributed by atoms with Crippen LogP contribution in [0.5, 0.6) is 11.5 Å². The maximum Gasteiger partial charge on any atom is 0.245 e. The van der Waals surface area contributed by atoms with E-state index in [1.165, 1.54) is 0 Å². The number of nitrogens with zero attached hydrogens (tertiary/aromatic N) is 4. The lowest BCUT2D eigenvalue weighted by Gasteiger charge is -2.27. The van der Waals surface area contributed by atoms with E-state index in [2.05, 4.69) is 20.5 Å². The number of anilines is 2. The summed E-state index contributed by atoms with van der Waals surface area (Å²) in [5.74, 6) is 1.39. The van der Waals surface area contributed by atoms with E-state index in [1.54, 1.807) is 6.21 Å². The minimum atomic E-state index is -0.466. The fourth-order valence-electron chi connectivity index (χ4n) is 2.57. The van der Waals surface area contributed by atoms with Gasteiger partial charge in [-0.3, -0.25) is 0 Å². The van der Waals surface area contributed by atoms with Gasteiger partial charge in [-0.1, -0.05) is 0 Å². The molecule has 130 valence electrons. The van der Waals surface area contributed by atoms with Gasteiger partial charge in [0.15, 0.2) is 23.1 Å². The number of morpholine rings is 1. The van der Waals surface area contributed by atoms with Crippen LogP contribution >= 0.6 is 0 Å². The Morgan fingerprint density at radius 2 is 2.04 bits per heavy atom. The van der Waals surface area contributed by atoms with Gasteiger partial charge in [0.2, 0.25) is 12.7 Å². The summed E-state index contributed by atoms with van der Waals surface area (Å²) in [6.45, 7) is 2.51. The first-order valence-corrected chi connectivity index (χ1v) is 7.83. The van der Waals surface area contributed by atoms with Gasteiger partial charge in [-0.25, -0.2) is 14.8 Å². The normalized spacial score (nSPS) is 16.4. The van der Waals surface area contributed by atoms with E-state index in [0.717, 1.165) is 11.8 Å². The van der Waals surface area contributed by atoms with E-state index in [0.29, 0.717) is 37.8 Å². The van der Waals surface area contributed by atoms with Gasteiger partial charge in [-0.05, 0) is 23.8 Å². The maximum absolute atomic E-state index is 14.0. The molecule has 2 aromatic rings. The van der Waals surface area contributed by atoms with Gasteiger partial charge in [-0.2, -0.15) is 10.1 Å². The minimum absolute atomic E-state index is 0.222. The number of fused-ring (bicyclic) bond motifs is 1. The van der Waals surface area contributed by atoms with Crippen LogP contribution in [-0.2, 0) is 4.74 Å². The number of hydrazone groups is 1. The Bertz CT molecular complexity index is 795. The lowest BCUT2D eigenvalue weighted by molar-refractivity contribution is 0.122. The Morgan fingerprint density at radius 3 is 2.92 bits per heavy atom. The number of nitrogens with one attached hydrogen (secondary N) is 1. The molecule has 2 aliphatic rings. The van der Waals surface area contributed by atoms with E-state index in [1.807, 2.05) is 23.1 Å². The van der Waals surface area contributed by atoms with Crippen molar-refractivity contribution in [1.82, 2.24) is 9.97 Å². The fraction of sp³-hybridized carbons (Fsp3) is 0.312. The molecule has 0 amide bonds. The van der Waals surface area contributed by atoms with Crippen molar-refractivity contribution in [2.24, 2.45) is 5.10 Å². The quantitative estimate of drug-likeness (QED) is 0.666. The molecular formula is C16H16FN5O3. The molecule has 0 saturated carbocycles. The van der Waals surface area contributed by atoms with Crippen LogP contribution in [0.4, 0.5) is 16.2 Å². The van der Waals surface area contributed by atoms with E-state index >= 15 is 0 Å². The average molecular weight is 345 g/mol. The molecule has 0 bridgehead atoms. The zero-order valence-electron chi connectivity index (χ0n) is 13.3. The van der Waals surface area contributed by atoms with Crippen molar-refractivity contribution in [3.8, 4) is 11.5 Å². The van der Waals surface area contributed by atoms with Gasteiger partial charge in [0.05, 0.1) is 25.6 Å². The highest BCUT2D eigenvalue weighted by Crippen LogP contribution is 2.32. The molecule has 0 atom stereocenters. The molecule has 0 aliphatic carbocycles. The molecule has 3 heterocycles. The summed E-state index contributed by atoms with van der Waals surface area (Å²) >= 11 is 0. The van der Waals surface area contributed by atoms with Crippen molar-refractivity contribution in [3.63, 3.8) is 0 Å². The van der Waals surface area contributed by atoms with Crippen molar-refractivity contribution in [1.29, 1.82) is 0 Å². The second-order valence-electron chi connectivity index (χ2n) is 5.45. The summed E-state index contributed by atoms with van der Waals surface area (Å²) in [6.07, 6.45) is 2.74. The molecular weight excluding hydrogens is 329 g/mol. The van der Waals surface area contributed by atoms with Crippen LogP contribution in [0.1, 0.15) is 5.56 Å². The highest BCUT2D eigenvalue weighted by atomic mass is 19.1. The zero-order valence-corrected chi connectivity index (χ0v) is 13.3. The molecule has 0 spiro atoms. The summed E-state index contributed by atoms with van der Waals surface area (Å²) in [6, 6.07) is 5.48. The van der Waals surface area contributed by atoms with Gasteiger partial charge >= 0.3 is 0 Å². The molecule has 1 aromatic heterocycles. The SMILES string of the molecule is Fc1cnc(N/N=C/c2ccc3c(c2)OCO3)nc1N1CCOCC1. The molecule has 25 heavy (non-hydrogen) atoms. The van der Waals surface area contributed by atoms with Gasteiger partial charge in [0, 0.05) is 13.1 Å². The van der Waals surface area contributed by atoms with Crippen molar-refractivity contribution in [2.75, 3.05) is 43.4 Å². The van der Waals surface area contributed by atoms with Gasteiger partial charge < -0.3 is 19.1 Å². The van der Waals surface area contributed by atoms with Crippen molar-refractivity contribution in [2.45, 2.75) is 0 Å². The minimum Gasteiger partial charge on any atom is -0.454 e. The first-order valence-electron chi connectivity index (χ1n) is 7.83. The molecule has 8 nitrogen and oxygen atoms in total. The molecule has 0 radical (unpaired) electrons. The Labute approximate surface area is 143 Å². The van der Waals surface area contributed by atoms with Crippen LogP contribution in [0, 0.1) is 5.82 Å². The van der Waals surface area contributed by atoms with Crippen LogP contribution in [0.25, 0.3) is 0 Å². The third-order valence-corrected chi connectivity index (χ3v) is 3.81. The molecule has 0 unspecified atom stereocenters. The largest absolute Gasteiger partial charge is 0.454 e. The molecule has 4 rings (SSSR count).